The highest BCUT2D eigenvalue weighted by atomic mass is 32.2. The van der Waals surface area contributed by atoms with Crippen molar-refractivity contribution in [2.24, 2.45) is 46.3 Å². The molecular weight excluding hydrogens is 470 g/mol. The Bertz CT molecular complexity index is 896. The Morgan fingerprint density at radius 1 is 1.06 bits per heavy atom. The zero-order chi connectivity index (χ0) is 25.8. The summed E-state index contributed by atoms with van der Waals surface area (Å²) in [6, 6.07) is 0. The van der Waals surface area contributed by atoms with Gasteiger partial charge in [-0.3, -0.25) is 9.35 Å². The van der Waals surface area contributed by atoms with E-state index in [2.05, 4.69) is 26.1 Å². The van der Waals surface area contributed by atoms with Crippen LogP contribution in [0.2, 0.25) is 0 Å². The molecule has 0 heterocycles. The Balaban J connectivity index is 1.43. The fourth-order valence-electron chi connectivity index (χ4n) is 9.10. The Hall–Kier alpha value is -0.740. The molecule has 0 bridgehead atoms. The topological polar surface area (TPSA) is 144 Å². The van der Waals surface area contributed by atoms with Gasteiger partial charge in [-0.25, -0.2) is 0 Å². The third kappa shape index (κ3) is 5.05. The molecule has 8 unspecified atom stereocenters. The minimum Gasteiger partial charge on any atom is -0.393 e. The lowest BCUT2D eigenvalue weighted by Gasteiger charge is -2.63. The van der Waals surface area contributed by atoms with E-state index in [-0.39, 0.29) is 65.4 Å². The molecule has 0 aromatic rings. The third-order valence-electron chi connectivity index (χ3n) is 11.0. The van der Waals surface area contributed by atoms with Crippen LogP contribution in [0, 0.1) is 46.3 Å². The molecule has 1 amide bonds. The fourth-order valence-corrected chi connectivity index (χ4v) is 9.46. The molecule has 5 N–H and O–H groups in total. The van der Waals surface area contributed by atoms with Crippen molar-refractivity contribution >= 4 is 16.0 Å². The molecule has 0 aromatic carbocycles. The predicted octanol–water partition coefficient (Wildman–Crippen LogP) is 2.37. The van der Waals surface area contributed by atoms with Crippen LogP contribution in [-0.2, 0) is 14.9 Å². The molecule has 4 saturated carbocycles. The molecule has 0 saturated heterocycles. The van der Waals surface area contributed by atoms with Crippen LogP contribution >= 0.6 is 0 Å². The second-order valence-corrected chi connectivity index (χ2v) is 14.2. The van der Waals surface area contributed by atoms with Crippen LogP contribution < -0.4 is 5.32 Å². The highest BCUT2D eigenvalue weighted by molar-refractivity contribution is 7.85. The first kappa shape index (κ1) is 27.3. The van der Waals surface area contributed by atoms with Gasteiger partial charge in [0.15, 0.2) is 0 Å². The first-order chi connectivity index (χ1) is 16.3. The van der Waals surface area contributed by atoms with E-state index in [0.717, 1.165) is 38.5 Å². The predicted molar refractivity (Wildman–Crippen MR) is 132 cm³/mol. The van der Waals surface area contributed by atoms with E-state index in [1.165, 1.54) is 0 Å². The van der Waals surface area contributed by atoms with Crippen LogP contribution in [0.25, 0.3) is 0 Å². The largest absolute Gasteiger partial charge is 0.393 e. The quantitative estimate of drug-likeness (QED) is 0.327. The van der Waals surface area contributed by atoms with E-state index in [1.807, 2.05) is 0 Å². The lowest BCUT2D eigenvalue weighted by Crippen LogP contribution is -2.62. The van der Waals surface area contributed by atoms with Gasteiger partial charge in [-0.1, -0.05) is 20.8 Å². The SMILES string of the molecule is C[C@H](CCC(=O)NCCS(=O)(=O)O)C1CCC2C3C(O)CC4C[C@H](O)CCC4(C)C3C[C@H](O)C21C. The molecule has 0 aliphatic heterocycles. The maximum Gasteiger partial charge on any atom is 0.266 e. The number of aliphatic hydroxyl groups excluding tert-OH is 3. The number of carbonyl (C=O) groups is 1. The third-order valence-corrected chi connectivity index (χ3v) is 11.7. The van der Waals surface area contributed by atoms with Crippen molar-refractivity contribution in [3.8, 4) is 0 Å². The molecule has 0 spiro atoms. The van der Waals surface area contributed by atoms with Gasteiger partial charge in [-0.05, 0) is 97.7 Å². The van der Waals surface area contributed by atoms with Crippen LogP contribution in [0.15, 0.2) is 0 Å². The molecule has 4 aliphatic rings. The van der Waals surface area contributed by atoms with Gasteiger partial charge in [0.2, 0.25) is 5.91 Å². The molecule has 35 heavy (non-hydrogen) atoms. The molecule has 4 fully saturated rings. The van der Waals surface area contributed by atoms with Gasteiger partial charge in [0.1, 0.15) is 0 Å². The van der Waals surface area contributed by atoms with Crippen molar-refractivity contribution in [1.82, 2.24) is 5.32 Å². The van der Waals surface area contributed by atoms with Crippen molar-refractivity contribution < 1.29 is 33.1 Å². The minimum absolute atomic E-state index is 0.0509. The number of carbonyl (C=O) groups excluding carboxylic acids is 1. The summed E-state index contributed by atoms with van der Waals surface area (Å²) in [5.74, 6) is 0.705. The van der Waals surface area contributed by atoms with Gasteiger partial charge < -0.3 is 20.6 Å². The smallest absolute Gasteiger partial charge is 0.266 e. The van der Waals surface area contributed by atoms with Crippen molar-refractivity contribution in [3.05, 3.63) is 0 Å². The highest BCUT2D eigenvalue weighted by Gasteiger charge is 2.65. The van der Waals surface area contributed by atoms with Gasteiger partial charge in [0, 0.05) is 13.0 Å². The van der Waals surface area contributed by atoms with Crippen LogP contribution in [0.5, 0.6) is 0 Å². The zero-order valence-electron chi connectivity index (χ0n) is 21.4. The summed E-state index contributed by atoms with van der Waals surface area (Å²) in [5.41, 5.74) is -0.254. The Morgan fingerprint density at radius 3 is 2.46 bits per heavy atom. The summed E-state index contributed by atoms with van der Waals surface area (Å²) in [4.78, 5) is 12.2. The molecule has 0 radical (unpaired) electrons. The molecule has 202 valence electrons. The average molecular weight is 516 g/mol. The number of hydrogen-bond acceptors (Lipinski definition) is 6. The van der Waals surface area contributed by atoms with Crippen molar-refractivity contribution in [2.45, 2.75) is 96.9 Å². The number of hydrogen-bond donors (Lipinski definition) is 5. The van der Waals surface area contributed by atoms with Crippen LogP contribution in [0.4, 0.5) is 0 Å². The molecule has 8 nitrogen and oxygen atoms in total. The van der Waals surface area contributed by atoms with E-state index in [1.54, 1.807) is 0 Å². The summed E-state index contributed by atoms with van der Waals surface area (Å²) in [5, 5.41) is 35.8. The van der Waals surface area contributed by atoms with E-state index in [9.17, 15) is 28.5 Å². The number of nitrogens with one attached hydrogen (secondary N) is 1. The van der Waals surface area contributed by atoms with E-state index < -0.39 is 28.1 Å². The second kappa shape index (κ2) is 9.86. The second-order valence-electron chi connectivity index (χ2n) is 12.7. The normalized spacial score (nSPS) is 46.3. The zero-order valence-corrected chi connectivity index (χ0v) is 22.2. The molecule has 4 rings (SSSR count). The minimum atomic E-state index is -4.10. The van der Waals surface area contributed by atoms with Crippen LogP contribution in [0.3, 0.4) is 0 Å². The standard InChI is InChI=1S/C26H45NO7S/c1-15(4-7-23(31)27-10-11-35(32,33)34)18-5-6-19-24-20(14-22(30)26(18,19)3)25(2)9-8-17(28)12-16(25)13-21(24)29/h15-22,24,28-30H,4-14H2,1-3H3,(H,27,31)(H,32,33,34)/t15-,16?,17-,18?,19?,20?,21?,22+,24?,25?,26?/m1/s1. The number of fused-ring (bicyclic) bond motifs is 5. The summed E-state index contributed by atoms with van der Waals surface area (Å²) >= 11 is 0. The van der Waals surface area contributed by atoms with Crippen molar-refractivity contribution in [2.75, 3.05) is 12.3 Å². The molecular formula is C26H45NO7S. The van der Waals surface area contributed by atoms with Crippen molar-refractivity contribution in [3.63, 3.8) is 0 Å². The maximum absolute atomic E-state index is 12.2. The van der Waals surface area contributed by atoms with Gasteiger partial charge in [-0.15, -0.1) is 0 Å². The highest BCUT2D eigenvalue weighted by Crippen LogP contribution is 2.68. The maximum atomic E-state index is 12.2. The number of aliphatic hydroxyl groups is 3. The number of amides is 1. The molecule has 4 aliphatic carbocycles. The summed E-state index contributed by atoms with van der Waals surface area (Å²) in [6.45, 7) is 6.56. The first-order valence-electron chi connectivity index (χ1n) is 13.5. The van der Waals surface area contributed by atoms with Crippen LogP contribution in [0.1, 0.15) is 78.6 Å². The van der Waals surface area contributed by atoms with E-state index >= 15 is 0 Å². The lowest BCUT2D eigenvalue weighted by molar-refractivity contribution is -0.207. The van der Waals surface area contributed by atoms with Gasteiger partial charge in [0.05, 0.1) is 24.1 Å². The molecule has 9 heteroatoms. The summed E-state index contributed by atoms with van der Waals surface area (Å²) in [7, 11) is -4.10. The Morgan fingerprint density at radius 2 is 1.77 bits per heavy atom. The molecule has 0 aromatic heterocycles. The first-order valence-corrected chi connectivity index (χ1v) is 15.1. The number of rotatable bonds is 7. The molecule has 11 atom stereocenters. The lowest BCUT2D eigenvalue weighted by atomic mass is 9.43. The monoisotopic (exact) mass is 515 g/mol. The van der Waals surface area contributed by atoms with E-state index in [0.29, 0.717) is 18.8 Å². The summed E-state index contributed by atoms with van der Waals surface area (Å²) < 4.78 is 30.5. The van der Waals surface area contributed by atoms with Crippen molar-refractivity contribution in [1.29, 1.82) is 0 Å². The summed E-state index contributed by atoms with van der Waals surface area (Å²) in [6.07, 6.45) is 5.67. The van der Waals surface area contributed by atoms with Gasteiger partial charge >= 0.3 is 0 Å². The Labute approximate surface area is 210 Å². The Kier molecular flexibility index (Phi) is 7.69. The van der Waals surface area contributed by atoms with Crippen LogP contribution in [-0.4, -0.2) is 64.8 Å². The van der Waals surface area contributed by atoms with Gasteiger partial charge in [-0.2, -0.15) is 8.42 Å². The van der Waals surface area contributed by atoms with E-state index in [4.69, 9.17) is 4.55 Å². The fraction of sp³-hybridized carbons (Fsp3) is 0.962. The average Bonchev–Trinajstić information content (AvgIpc) is 3.12. The van der Waals surface area contributed by atoms with Gasteiger partial charge in [0.25, 0.3) is 10.1 Å².